The first-order valence-corrected chi connectivity index (χ1v) is 6.17. The minimum Gasteiger partial charge on any atom is -0.465 e. The summed E-state index contributed by atoms with van der Waals surface area (Å²) in [5.41, 5.74) is 6.65. The van der Waals surface area contributed by atoms with Gasteiger partial charge in [0.15, 0.2) is 5.75 Å². The lowest BCUT2D eigenvalue weighted by molar-refractivity contribution is 0.0600. The molecule has 2 N–H and O–H groups in total. The molecular weight excluding hydrogens is 312 g/mol. The second kappa shape index (κ2) is 5.71. The van der Waals surface area contributed by atoms with Crippen LogP contribution < -0.4 is 10.5 Å². The number of para-hydroxylation sites is 1. The Balaban J connectivity index is 2.31. The number of rotatable bonds is 3. The highest BCUT2D eigenvalue weighted by atomic mass is 79.9. The molecule has 0 saturated carbocycles. The Morgan fingerprint density at radius 2 is 2.16 bits per heavy atom. The number of aromatic nitrogens is 1. The van der Waals surface area contributed by atoms with Gasteiger partial charge in [0.1, 0.15) is 0 Å². The Labute approximate surface area is 118 Å². The molecule has 0 aliphatic heterocycles. The first kappa shape index (κ1) is 13.4. The van der Waals surface area contributed by atoms with Crippen LogP contribution in [-0.2, 0) is 4.74 Å². The van der Waals surface area contributed by atoms with Crippen molar-refractivity contribution in [2.45, 2.75) is 0 Å². The zero-order valence-electron chi connectivity index (χ0n) is 10.1. The number of nitrogens with zero attached hydrogens (tertiary/aromatic N) is 1. The first-order chi connectivity index (χ1) is 9.11. The van der Waals surface area contributed by atoms with Crippen LogP contribution in [0.15, 0.2) is 41.0 Å². The van der Waals surface area contributed by atoms with Crippen LogP contribution in [0.1, 0.15) is 10.4 Å². The lowest BCUT2D eigenvalue weighted by atomic mass is 10.2. The molecule has 6 heteroatoms. The van der Waals surface area contributed by atoms with Crippen molar-refractivity contribution in [3.05, 3.63) is 46.6 Å². The summed E-state index contributed by atoms with van der Waals surface area (Å²) in [5, 5.41) is 0. The van der Waals surface area contributed by atoms with E-state index in [4.69, 9.17) is 10.5 Å². The monoisotopic (exact) mass is 322 g/mol. The topological polar surface area (TPSA) is 74.4 Å². The highest BCUT2D eigenvalue weighted by Crippen LogP contribution is 2.34. The van der Waals surface area contributed by atoms with E-state index in [1.54, 1.807) is 24.3 Å². The fourth-order valence-corrected chi connectivity index (χ4v) is 1.91. The number of nitrogens with two attached hydrogens (primary N) is 1. The molecule has 0 spiro atoms. The highest BCUT2D eigenvalue weighted by Gasteiger charge is 2.11. The van der Waals surface area contributed by atoms with Gasteiger partial charge in [0.2, 0.25) is 5.88 Å². The number of ether oxygens (including phenoxy) is 2. The highest BCUT2D eigenvalue weighted by molar-refractivity contribution is 9.10. The van der Waals surface area contributed by atoms with Crippen LogP contribution in [0.4, 0.5) is 5.69 Å². The summed E-state index contributed by atoms with van der Waals surface area (Å²) in [5.74, 6) is 0.269. The molecule has 5 nitrogen and oxygen atoms in total. The van der Waals surface area contributed by atoms with Crippen molar-refractivity contribution in [2.24, 2.45) is 0 Å². The van der Waals surface area contributed by atoms with Gasteiger partial charge in [-0.1, -0.05) is 6.07 Å². The maximum absolute atomic E-state index is 11.4. The van der Waals surface area contributed by atoms with Crippen LogP contribution in [0.5, 0.6) is 11.6 Å². The van der Waals surface area contributed by atoms with Gasteiger partial charge < -0.3 is 15.2 Å². The second-order valence-corrected chi connectivity index (χ2v) is 4.49. The molecule has 2 rings (SSSR count). The summed E-state index contributed by atoms with van der Waals surface area (Å²) >= 11 is 3.34. The number of esters is 1. The lowest BCUT2D eigenvalue weighted by Crippen LogP contribution is -2.02. The van der Waals surface area contributed by atoms with Crippen molar-refractivity contribution in [2.75, 3.05) is 12.8 Å². The van der Waals surface area contributed by atoms with Crippen molar-refractivity contribution in [3.63, 3.8) is 0 Å². The third-order valence-corrected chi connectivity index (χ3v) is 2.98. The number of anilines is 1. The van der Waals surface area contributed by atoms with Gasteiger partial charge in [0, 0.05) is 12.3 Å². The molecule has 0 radical (unpaired) electrons. The van der Waals surface area contributed by atoms with Gasteiger partial charge in [-0.2, -0.15) is 0 Å². The summed E-state index contributed by atoms with van der Waals surface area (Å²) in [7, 11) is 1.31. The molecule has 0 atom stereocenters. The van der Waals surface area contributed by atoms with Gasteiger partial charge in [-0.15, -0.1) is 0 Å². The molecule has 98 valence electrons. The number of nitrogen functional groups attached to an aromatic ring is 1. The molecule has 0 unspecified atom stereocenters. The molecule has 0 amide bonds. The van der Waals surface area contributed by atoms with E-state index in [0.29, 0.717) is 21.5 Å². The van der Waals surface area contributed by atoms with Crippen molar-refractivity contribution < 1.29 is 14.3 Å². The third-order valence-electron chi connectivity index (χ3n) is 2.36. The Morgan fingerprint density at radius 1 is 1.37 bits per heavy atom. The van der Waals surface area contributed by atoms with Crippen LogP contribution in [0, 0.1) is 0 Å². The SMILES string of the molecule is COC(=O)c1ccnc(Oc2c(N)cccc2Br)c1. The zero-order valence-corrected chi connectivity index (χ0v) is 11.7. The Kier molecular flexibility index (Phi) is 4.01. The van der Waals surface area contributed by atoms with Crippen LogP contribution in [0.25, 0.3) is 0 Å². The predicted molar refractivity (Wildman–Crippen MR) is 74.2 cm³/mol. The van der Waals surface area contributed by atoms with Crippen LogP contribution in [-0.4, -0.2) is 18.1 Å². The molecule has 0 aliphatic rings. The third kappa shape index (κ3) is 3.03. The number of halogens is 1. The molecule has 0 aliphatic carbocycles. The Bertz CT molecular complexity index is 596. The van der Waals surface area contributed by atoms with Crippen LogP contribution in [0.2, 0.25) is 0 Å². The van der Waals surface area contributed by atoms with Crippen molar-refractivity contribution >= 4 is 27.6 Å². The van der Waals surface area contributed by atoms with E-state index in [1.807, 2.05) is 0 Å². The standard InChI is InChI=1S/C13H11BrN2O3/c1-18-13(17)8-5-6-16-11(7-8)19-12-9(14)3-2-4-10(12)15/h2-7H,15H2,1H3. The first-order valence-electron chi connectivity index (χ1n) is 5.38. The number of pyridine rings is 1. The van der Waals surface area contributed by atoms with Gasteiger partial charge in [-0.3, -0.25) is 0 Å². The van der Waals surface area contributed by atoms with E-state index in [-0.39, 0.29) is 5.88 Å². The average Bonchev–Trinajstić information content (AvgIpc) is 2.42. The molecule has 19 heavy (non-hydrogen) atoms. The van der Waals surface area contributed by atoms with Gasteiger partial charge in [-0.05, 0) is 34.1 Å². The predicted octanol–water partition coefficient (Wildman–Crippen LogP) is 3.01. The number of hydrogen-bond donors (Lipinski definition) is 1. The maximum atomic E-state index is 11.4. The second-order valence-electron chi connectivity index (χ2n) is 3.63. The molecule has 1 aromatic carbocycles. The maximum Gasteiger partial charge on any atom is 0.338 e. The molecule has 0 bridgehead atoms. The molecule has 1 aromatic heterocycles. The largest absolute Gasteiger partial charge is 0.465 e. The van der Waals surface area contributed by atoms with E-state index >= 15 is 0 Å². The number of benzene rings is 1. The summed E-state index contributed by atoms with van der Waals surface area (Å²) in [6.07, 6.45) is 1.47. The number of carbonyl (C=O) groups is 1. The lowest BCUT2D eigenvalue weighted by Gasteiger charge is -2.09. The van der Waals surface area contributed by atoms with Gasteiger partial charge >= 0.3 is 5.97 Å². The molecule has 0 fully saturated rings. The molecular formula is C13H11BrN2O3. The number of carbonyl (C=O) groups excluding carboxylic acids is 1. The van der Waals surface area contributed by atoms with Crippen LogP contribution in [0.3, 0.4) is 0 Å². The van der Waals surface area contributed by atoms with Crippen molar-refractivity contribution in [1.82, 2.24) is 4.98 Å². The summed E-state index contributed by atoms with van der Waals surface area (Å²) in [4.78, 5) is 15.4. The van der Waals surface area contributed by atoms with Gasteiger partial charge in [0.25, 0.3) is 0 Å². The van der Waals surface area contributed by atoms with E-state index in [2.05, 4.69) is 25.7 Å². The minimum atomic E-state index is -0.452. The average molecular weight is 323 g/mol. The quantitative estimate of drug-likeness (QED) is 0.694. The minimum absolute atomic E-state index is 0.265. The van der Waals surface area contributed by atoms with E-state index < -0.39 is 5.97 Å². The Morgan fingerprint density at radius 3 is 2.84 bits per heavy atom. The molecule has 0 saturated heterocycles. The summed E-state index contributed by atoms with van der Waals surface area (Å²) in [6.45, 7) is 0. The van der Waals surface area contributed by atoms with Gasteiger partial charge in [0.05, 0.1) is 22.8 Å². The fraction of sp³-hybridized carbons (Fsp3) is 0.0769. The molecule has 2 aromatic rings. The van der Waals surface area contributed by atoms with Gasteiger partial charge in [-0.25, -0.2) is 9.78 Å². The number of hydrogen-bond acceptors (Lipinski definition) is 5. The van der Waals surface area contributed by atoms with Crippen LogP contribution >= 0.6 is 15.9 Å². The van der Waals surface area contributed by atoms with Crippen molar-refractivity contribution in [3.8, 4) is 11.6 Å². The summed E-state index contributed by atoms with van der Waals surface area (Å²) in [6, 6.07) is 8.34. The van der Waals surface area contributed by atoms with E-state index in [1.165, 1.54) is 19.4 Å². The zero-order chi connectivity index (χ0) is 13.8. The normalized spacial score (nSPS) is 10.0. The smallest absolute Gasteiger partial charge is 0.338 e. The number of methoxy groups -OCH3 is 1. The summed E-state index contributed by atoms with van der Waals surface area (Å²) < 4.78 is 10.9. The van der Waals surface area contributed by atoms with E-state index in [9.17, 15) is 4.79 Å². The van der Waals surface area contributed by atoms with E-state index in [0.717, 1.165) is 0 Å². The fourth-order valence-electron chi connectivity index (χ4n) is 1.45. The Hall–Kier alpha value is -2.08. The molecule has 1 heterocycles. The van der Waals surface area contributed by atoms with Crippen molar-refractivity contribution in [1.29, 1.82) is 0 Å².